The molecule has 0 heterocycles. The molecule has 0 atom stereocenters. The van der Waals surface area contributed by atoms with Crippen LogP contribution in [-0.4, -0.2) is 18.3 Å². The lowest BCUT2D eigenvalue weighted by Gasteiger charge is -1.95. The van der Waals surface area contributed by atoms with Crippen LogP contribution < -0.4 is 5.73 Å². The molecule has 0 fully saturated rings. The van der Waals surface area contributed by atoms with Gasteiger partial charge < -0.3 is 10.8 Å². The lowest BCUT2D eigenvalue weighted by molar-refractivity contribution is 0.282. The summed E-state index contributed by atoms with van der Waals surface area (Å²) in [6, 6.07) is 0. The average molecular weight is 168 g/mol. The first-order chi connectivity index (χ1) is 4.41. The van der Waals surface area contributed by atoms with Crippen LogP contribution in [0.1, 0.15) is 32.1 Å². The third-order valence-electron chi connectivity index (χ3n) is 1.36. The topological polar surface area (TPSA) is 46.2 Å². The minimum absolute atomic E-state index is 0. The summed E-state index contributed by atoms with van der Waals surface area (Å²) in [5, 5.41) is 8.40. The molecule has 0 aliphatic heterocycles. The van der Waals surface area contributed by atoms with E-state index < -0.39 is 0 Å². The second-order valence-corrected chi connectivity index (χ2v) is 2.28. The van der Waals surface area contributed by atoms with Crippen molar-refractivity contribution in [3.8, 4) is 0 Å². The van der Waals surface area contributed by atoms with Crippen LogP contribution in [0.2, 0.25) is 0 Å². The molecule has 0 radical (unpaired) electrons. The van der Waals surface area contributed by atoms with E-state index in [1.165, 1.54) is 12.8 Å². The first-order valence-electron chi connectivity index (χ1n) is 3.72. The second kappa shape index (κ2) is 11.9. The molecule has 0 saturated heterocycles. The van der Waals surface area contributed by atoms with E-state index in [2.05, 4.69) is 0 Å². The van der Waals surface area contributed by atoms with E-state index in [-0.39, 0.29) is 12.4 Å². The summed E-state index contributed by atoms with van der Waals surface area (Å²) in [6.45, 7) is 1.14. The van der Waals surface area contributed by atoms with Crippen LogP contribution in [0, 0.1) is 0 Å². The molecule has 0 saturated carbocycles. The molecule has 0 aromatic rings. The number of aliphatic hydroxyl groups is 1. The van der Waals surface area contributed by atoms with Gasteiger partial charge in [0.2, 0.25) is 0 Å². The standard InChI is InChI=1S/C7H17NO.ClH/c8-6-4-2-1-3-5-7-9;/h9H,1-8H2;1H. The van der Waals surface area contributed by atoms with Gasteiger partial charge in [0.05, 0.1) is 0 Å². The summed E-state index contributed by atoms with van der Waals surface area (Å²) in [7, 11) is 0. The Balaban J connectivity index is 0. The molecule has 0 spiro atoms. The SMILES string of the molecule is Cl.NCCCCCCCO. The first kappa shape index (κ1) is 12.8. The van der Waals surface area contributed by atoms with Gasteiger partial charge in [-0.05, 0) is 19.4 Å². The van der Waals surface area contributed by atoms with Crippen LogP contribution in [0.25, 0.3) is 0 Å². The molecule has 0 aliphatic rings. The average Bonchev–Trinajstić information content (AvgIpc) is 1.89. The van der Waals surface area contributed by atoms with Gasteiger partial charge in [-0.25, -0.2) is 0 Å². The van der Waals surface area contributed by atoms with Crippen molar-refractivity contribution < 1.29 is 5.11 Å². The minimum atomic E-state index is 0. The van der Waals surface area contributed by atoms with Gasteiger partial charge >= 0.3 is 0 Å². The summed E-state index contributed by atoms with van der Waals surface area (Å²) < 4.78 is 0. The number of hydrogen-bond donors (Lipinski definition) is 2. The predicted molar refractivity (Wildman–Crippen MR) is 46.5 cm³/mol. The van der Waals surface area contributed by atoms with Gasteiger partial charge in [0.15, 0.2) is 0 Å². The normalized spacial score (nSPS) is 9.00. The predicted octanol–water partition coefficient (Wildman–Crippen LogP) is 1.31. The van der Waals surface area contributed by atoms with E-state index in [0.717, 1.165) is 25.8 Å². The monoisotopic (exact) mass is 167 g/mol. The third kappa shape index (κ3) is 11.1. The molecule has 0 unspecified atom stereocenters. The van der Waals surface area contributed by atoms with Gasteiger partial charge in [0.25, 0.3) is 0 Å². The Hall–Kier alpha value is 0.210. The van der Waals surface area contributed by atoms with E-state index in [4.69, 9.17) is 10.8 Å². The number of unbranched alkanes of at least 4 members (excludes halogenated alkanes) is 4. The highest BCUT2D eigenvalue weighted by atomic mass is 35.5. The Bertz CT molecular complexity index is 46.9. The van der Waals surface area contributed by atoms with Crippen molar-refractivity contribution in [1.82, 2.24) is 0 Å². The lowest BCUT2D eigenvalue weighted by Crippen LogP contribution is -1.97. The molecule has 64 valence electrons. The van der Waals surface area contributed by atoms with Crippen LogP contribution in [0.15, 0.2) is 0 Å². The summed E-state index contributed by atoms with van der Waals surface area (Å²) in [5.41, 5.74) is 5.29. The Kier molecular flexibility index (Phi) is 15.3. The summed E-state index contributed by atoms with van der Waals surface area (Å²) in [4.78, 5) is 0. The maximum Gasteiger partial charge on any atom is 0.0431 e. The number of nitrogens with two attached hydrogens (primary N) is 1. The highest BCUT2D eigenvalue weighted by Crippen LogP contribution is 2.00. The zero-order chi connectivity index (χ0) is 6.95. The van der Waals surface area contributed by atoms with Crippen molar-refractivity contribution in [3.05, 3.63) is 0 Å². The number of hydrogen-bond acceptors (Lipinski definition) is 2. The van der Waals surface area contributed by atoms with Gasteiger partial charge in [-0.1, -0.05) is 19.3 Å². The van der Waals surface area contributed by atoms with Crippen LogP contribution in [-0.2, 0) is 0 Å². The van der Waals surface area contributed by atoms with Crippen LogP contribution in [0.4, 0.5) is 0 Å². The van der Waals surface area contributed by atoms with Crippen molar-refractivity contribution in [1.29, 1.82) is 0 Å². The van der Waals surface area contributed by atoms with Crippen molar-refractivity contribution in [2.75, 3.05) is 13.2 Å². The van der Waals surface area contributed by atoms with Crippen molar-refractivity contribution >= 4 is 12.4 Å². The summed E-state index contributed by atoms with van der Waals surface area (Å²) >= 11 is 0. The zero-order valence-electron chi connectivity index (χ0n) is 6.38. The molecule has 2 nitrogen and oxygen atoms in total. The van der Waals surface area contributed by atoms with Gasteiger partial charge in [-0.2, -0.15) is 0 Å². The number of halogens is 1. The largest absolute Gasteiger partial charge is 0.396 e. The molecule has 0 bridgehead atoms. The second-order valence-electron chi connectivity index (χ2n) is 2.28. The first-order valence-corrected chi connectivity index (χ1v) is 3.72. The fraction of sp³-hybridized carbons (Fsp3) is 1.00. The van der Waals surface area contributed by atoms with Crippen molar-refractivity contribution in [3.63, 3.8) is 0 Å². The van der Waals surface area contributed by atoms with Gasteiger partial charge in [0.1, 0.15) is 0 Å². The lowest BCUT2D eigenvalue weighted by atomic mass is 10.1. The van der Waals surface area contributed by atoms with Crippen LogP contribution in [0.5, 0.6) is 0 Å². The fourth-order valence-corrected chi connectivity index (χ4v) is 0.786. The third-order valence-corrected chi connectivity index (χ3v) is 1.36. The zero-order valence-corrected chi connectivity index (χ0v) is 7.20. The van der Waals surface area contributed by atoms with E-state index >= 15 is 0 Å². The highest BCUT2D eigenvalue weighted by Gasteiger charge is 1.86. The number of rotatable bonds is 6. The number of aliphatic hydroxyl groups excluding tert-OH is 1. The Morgan fingerprint density at radius 3 is 1.90 bits per heavy atom. The van der Waals surface area contributed by atoms with Crippen LogP contribution in [0.3, 0.4) is 0 Å². The molecule has 0 aliphatic carbocycles. The van der Waals surface area contributed by atoms with Crippen molar-refractivity contribution in [2.45, 2.75) is 32.1 Å². The van der Waals surface area contributed by atoms with Gasteiger partial charge in [0, 0.05) is 6.61 Å². The molecule has 0 aromatic heterocycles. The molecule has 0 aromatic carbocycles. The highest BCUT2D eigenvalue weighted by molar-refractivity contribution is 5.85. The smallest absolute Gasteiger partial charge is 0.0431 e. The Morgan fingerprint density at radius 2 is 1.40 bits per heavy atom. The van der Waals surface area contributed by atoms with Crippen LogP contribution >= 0.6 is 12.4 Å². The van der Waals surface area contributed by atoms with E-state index in [1.807, 2.05) is 0 Å². The maximum absolute atomic E-state index is 8.40. The van der Waals surface area contributed by atoms with E-state index in [9.17, 15) is 0 Å². The Labute approximate surface area is 69.2 Å². The summed E-state index contributed by atoms with van der Waals surface area (Å²) in [6.07, 6.45) is 5.67. The molecular weight excluding hydrogens is 150 g/mol. The maximum atomic E-state index is 8.40. The van der Waals surface area contributed by atoms with E-state index in [0.29, 0.717) is 6.61 Å². The van der Waals surface area contributed by atoms with Gasteiger partial charge in [-0.3, -0.25) is 0 Å². The molecular formula is C7H18ClNO. The van der Waals surface area contributed by atoms with Gasteiger partial charge in [-0.15, -0.1) is 12.4 Å². The Morgan fingerprint density at radius 1 is 0.900 bits per heavy atom. The summed E-state index contributed by atoms with van der Waals surface area (Å²) in [5.74, 6) is 0. The minimum Gasteiger partial charge on any atom is -0.396 e. The molecule has 10 heavy (non-hydrogen) atoms. The quantitative estimate of drug-likeness (QED) is 0.586. The molecule has 0 amide bonds. The molecule has 3 N–H and O–H groups in total. The van der Waals surface area contributed by atoms with E-state index in [1.54, 1.807) is 0 Å². The fourth-order valence-electron chi connectivity index (χ4n) is 0.786. The molecule has 3 heteroatoms. The van der Waals surface area contributed by atoms with Crippen molar-refractivity contribution in [2.24, 2.45) is 5.73 Å². The molecule has 0 rings (SSSR count).